The number of benzene rings is 1. The molecule has 0 aliphatic carbocycles. The summed E-state index contributed by atoms with van der Waals surface area (Å²) in [7, 11) is 0. The number of anilines is 1. The fraction of sp³-hybridized carbons (Fsp3) is 0.581. The lowest BCUT2D eigenvalue weighted by Crippen LogP contribution is -2.54. The maximum absolute atomic E-state index is 13.1. The quantitative estimate of drug-likeness (QED) is 0.136. The summed E-state index contributed by atoms with van der Waals surface area (Å²) in [6.07, 6.45) is 7.75. The number of para-hydroxylation sites is 2. The van der Waals surface area contributed by atoms with Gasteiger partial charge in [0.05, 0.1) is 16.8 Å². The molecule has 2 amide bonds. The van der Waals surface area contributed by atoms with E-state index in [4.69, 9.17) is 16.6 Å². The molecule has 43 heavy (non-hydrogen) atoms. The number of aromatic nitrogens is 4. The molecule has 2 saturated heterocycles. The van der Waals surface area contributed by atoms with Gasteiger partial charge in [-0.2, -0.15) is 0 Å². The molecule has 0 radical (unpaired) electrons. The lowest BCUT2D eigenvalue weighted by molar-refractivity contribution is -0.133. The molecule has 1 aromatic carbocycles. The number of carbonyl (C=O) groups is 2. The number of amides is 2. The predicted octanol–water partition coefficient (Wildman–Crippen LogP) is 5.13. The minimum absolute atomic E-state index is 0.0234. The number of aromatic amines is 1. The van der Waals surface area contributed by atoms with E-state index in [1.54, 1.807) is 6.07 Å². The predicted molar refractivity (Wildman–Crippen MR) is 172 cm³/mol. The van der Waals surface area contributed by atoms with Gasteiger partial charge in [0.2, 0.25) is 11.8 Å². The van der Waals surface area contributed by atoms with Crippen LogP contribution in [-0.2, 0) is 9.59 Å². The molecule has 0 spiro atoms. The average Bonchev–Trinajstić information content (AvgIpc) is 3.35. The van der Waals surface area contributed by atoms with E-state index in [1.807, 2.05) is 38.6 Å². The number of H-pyrrole nitrogens is 1. The van der Waals surface area contributed by atoms with Crippen LogP contribution >= 0.6 is 23.4 Å². The van der Waals surface area contributed by atoms with Crippen molar-refractivity contribution in [3.63, 3.8) is 0 Å². The van der Waals surface area contributed by atoms with Crippen molar-refractivity contribution in [3.8, 4) is 0 Å². The van der Waals surface area contributed by atoms with Crippen LogP contribution in [0.15, 0.2) is 40.3 Å². The molecular formula is C31H42ClN7O3S. The van der Waals surface area contributed by atoms with E-state index >= 15 is 0 Å². The number of hydrogen-bond donors (Lipinski definition) is 1. The molecule has 2 aromatic heterocycles. The van der Waals surface area contributed by atoms with Gasteiger partial charge in [0.15, 0.2) is 5.16 Å². The Morgan fingerprint density at radius 2 is 1.79 bits per heavy atom. The molecule has 3 aromatic rings. The van der Waals surface area contributed by atoms with Gasteiger partial charge < -0.3 is 19.7 Å². The topological polar surface area (TPSA) is 107 Å². The van der Waals surface area contributed by atoms with Crippen LogP contribution in [0.3, 0.4) is 0 Å². The standard InChI is InChI=1S/C31H42ClN7O3S/c1-3-4-5-6-7-12-28(40)38-18-17-37(20-22(38)2)27-19-26(32)34-30(35-27)43-21-29(41)36-15-13-23(14-16-36)39-25-11-9-8-10-24(25)33-31(39)42/h8-11,19,22-23H,3-7,12-18,20-21H2,1-2H3,(H,33,42). The van der Waals surface area contributed by atoms with Gasteiger partial charge in [0.1, 0.15) is 11.0 Å². The number of halogens is 1. The summed E-state index contributed by atoms with van der Waals surface area (Å²) in [6, 6.07) is 9.60. The molecule has 2 aliphatic rings. The molecule has 0 bridgehead atoms. The van der Waals surface area contributed by atoms with E-state index in [2.05, 4.69) is 28.7 Å². The summed E-state index contributed by atoms with van der Waals surface area (Å²) in [6.45, 7) is 7.47. The zero-order chi connectivity index (χ0) is 30.3. The molecule has 4 heterocycles. The monoisotopic (exact) mass is 627 g/mol. The van der Waals surface area contributed by atoms with Crippen LogP contribution in [0.4, 0.5) is 5.82 Å². The normalized spacial score (nSPS) is 18.0. The average molecular weight is 628 g/mol. The minimum atomic E-state index is -0.101. The van der Waals surface area contributed by atoms with Crippen molar-refractivity contribution >= 4 is 52.0 Å². The largest absolute Gasteiger partial charge is 0.353 e. The number of piperidine rings is 1. The van der Waals surface area contributed by atoms with Gasteiger partial charge in [0, 0.05) is 57.3 Å². The maximum Gasteiger partial charge on any atom is 0.326 e. The molecule has 2 fully saturated rings. The van der Waals surface area contributed by atoms with Crippen molar-refractivity contribution in [3.05, 3.63) is 46.0 Å². The lowest BCUT2D eigenvalue weighted by Gasteiger charge is -2.40. The number of piperazine rings is 1. The molecule has 1 N–H and O–H groups in total. The van der Waals surface area contributed by atoms with E-state index in [1.165, 1.54) is 31.0 Å². The van der Waals surface area contributed by atoms with Gasteiger partial charge in [0.25, 0.3) is 0 Å². The number of imidazole rings is 1. The number of rotatable bonds is 11. The molecule has 232 valence electrons. The first kappa shape index (κ1) is 31.4. The highest BCUT2D eigenvalue weighted by Gasteiger charge is 2.29. The summed E-state index contributed by atoms with van der Waals surface area (Å²) in [5.41, 5.74) is 1.64. The summed E-state index contributed by atoms with van der Waals surface area (Å²) in [5, 5.41) is 0.803. The third-order valence-electron chi connectivity index (χ3n) is 8.56. The number of hydrogen-bond acceptors (Lipinski definition) is 7. The van der Waals surface area contributed by atoms with Crippen molar-refractivity contribution in [2.24, 2.45) is 0 Å². The van der Waals surface area contributed by atoms with Crippen LogP contribution in [0.5, 0.6) is 0 Å². The Balaban J connectivity index is 1.11. The minimum Gasteiger partial charge on any atom is -0.353 e. The number of fused-ring (bicyclic) bond motifs is 1. The van der Waals surface area contributed by atoms with Gasteiger partial charge in [-0.3, -0.25) is 14.2 Å². The van der Waals surface area contributed by atoms with Crippen molar-refractivity contribution in [2.75, 3.05) is 43.4 Å². The number of thioether (sulfide) groups is 1. The second-order valence-electron chi connectivity index (χ2n) is 11.6. The first-order chi connectivity index (χ1) is 20.8. The summed E-state index contributed by atoms with van der Waals surface area (Å²) >= 11 is 7.67. The fourth-order valence-corrected chi connectivity index (χ4v) is 7.18. The Morgan fingerprint density at radius 3 is 2.56 bits per heavy atom. The second-order valence-corrected chi connectivity index (χ2v) is 12.9. The molecule has 12 heteroatoms. The summed E-state index contributed by atoms with van der Waals surface area (Å²) < 4.78 is 1.83. The van der Waals surface area contributed by atoms with Gasteiger partial charge in [-0.25, -0.2) is 14.8 Å². The van der Waals surface area contributed by atoms with E-state index in [0.717, 1.165) is 42.5 Å². The third kappa shape index (κ3) is 7.73. The molecule has 2 aliphatic heterocycles. The Morgan fingerprint density at radius 1 is 1.02 bits per heavy atom. The Labute approximate surface area is 262 Å². The second kappa shape index (κ2) is 14.6. The van der Waals surface area contributed by atoms with Crippen LogP contribution in [0.2, 0.25) is 5.15 Å². The molecule has 5 rings (SSSR count). The van der Waals surface area contributed by atoms with Crippen LogP contribution in [0, 0.1) is 0 Å². The first-order valence-corrected chi connectivity index (χ1v) is 16.9. The molecular weight excluding hydrogens is 586 g/mol. The van der Waals surface area contributed by atoms with E-state index in [-0.39, 0.29) is 35.3 Å². The van der Waals surface area contributed by atoms with Gasteiger partial charge in [-0.15, -0.1) is 0 Å². The van der Waals surface area contributed by atoms with Crippen LogP contribution < -0.4 is 10.6 Å². The first-order valence-electron chi connectivity index (χ1n) is 15.5. The number of likely N-dealkylation sites (tertiary alicyclic amines) is 1. The number of nitrogens with zero attached hydrogens (tertiary/aromatic N) is 6. The number of carbonyl (C=O) groups excluding carboxylic acids is 2. The van der Waals surface area contributed by atoms with Crippen LogP contribution in [0.1, 0.15) is 71.3 Å². The highest BCUT2D eigenvalue weighted by Crippen LogP contribution is 2.27. The molecule has 10 nitrogen and oxygen atoms in total. The third-order valence-corrected chi connectivity index (χ3v) is 9.58. The van der Waals surface area contributed by atoms with E-state index in [9.17, 15) is 14.4 Å². The summed E-state index contributed by atoms with van der Waals surface area (Å²) in [5.74, 6) is 1.19. The van der Waals surface area contributed by atoms with Crippen molar-refractivity contribution < 1.29 is 9.59 Å². The van der Waals surface area contributed by atoms with Crippen LogP contribution in [0.25, 0.3) is 11.0 Å². The Hall–Kier alpha value is -3.05. The highest BCUT2D eigenvalue weighted by atomic mass is 35.5. The molecule has 1 unspecified atom stereocenters. The lowest BCUT2D eigenvalue weighted by atomic mass is 10.0. The molecule has 0 saturated carbocycles. The maximum atomic E-state index is 13.1. The smallest absolute Gasteiger partial charge is 0.326 e. The van der Waals surface area contributed by atoms with Crippen LogP contribution in [-0.4, -0.2) is 85.7 Å². The zero-order valence-electron chi connectivity index (χ0n) is 25.1. The summed E-state index contributed by atoms with van der Waals surface area (Å²) in [4.78, 5) is 56.5. The van der Waals surface area contributed by atoms with E-state index in [0.29, 0.717) is 49.5 Å². The zero-order valence-corrected chi connectivity index (χ0v) is 26.7. The van der Waals surface area contributed by atoms with Crippen molar-refractivity contribution in [1.82, 2.24) is 29.3 Å². The number of unbranched alkanes of at least 4 members (excludes halogenated alkanes) is 4. The Bertz CT molecular complexity index is 1470. The SMILES string of the molecule is CCCCCCCC(=O)N1CCN(c2cc(Cl)nc(SCC(=O)N3CCC(n4c(=O)[nH]c5ccccc54)CC3)n2)CC1C. The van der Waals surface area contributed by atoms with Crippen molar-refractivity contribution in [2.45, 2.75) is 82.5 Å². The molecule has 1 atom stereocenters. The number of nitrogens with one attached hydrogen (secondary N) is 1. The van der Waals surface area contributed by atoms with Gasteiger partial charge in [-0.05, 0) is 38.3 Å². The fourth-order valence-electron chi connectivity index (χ4n) is 6.20. The van der Waals surface area contributed by atoms with Gasteiger partial charge in [-0.1, -0.05) is 68.1 Å². The van der Waals surface area contributed by atoms with E-state index < -0.39 is 0 Å². The Kier molecular flexibility index (Phi) is 10.7. The highest BCUT2D eigenvalue weighted by molar-refractivity contribution is 7.99. The van der Waals surface area contributed by atoms with Crippen molar-refractivity contribution in [1.29, 1.82) is 0 Å². The van der Waals surface area contributed by atoms with Gasteiger partial charge >= 0.3 is 5.69 Å².